The zero-order valence-corrected chi connectivity index (χ0v) is 16.6. The fourth-order valence-corrected chi connectivity index (χ4v) is 4.34. The molecule has 29 heavy (non-hydrogen) atoms. The molecule has 150 valence electrons. The molecule has 0 radical (unpaired) electrons. The van der Waals surface area contributed by atoms with Crippen LogP contribution in [0, 0.1) is 11.3 Å². The van der Waals surface area contributed by atoms with E-state index in [4.69, 9.17) is 5.26 Å². The van der Waals surface area contributed by atoms with Gasteiger partial charge in [-0.15, -0.1) is 0 Å². The van der Waals surface area contributed by atoms with Crippen molar-refractivity contribution in [3.05, 3.63) is 70.1 Å². The van der Waals surface area contributed by atoms with Gasteiger partial charge in [-0.05, 0) is 56.4 Å². The molecule has 2 aromatic carbocycles. The normalized spacial score (nSPS) is 21.6. The molecule has 0 saturated heterocycles. The summed E-state index contributed by atoms with van der Waals surface area (Å²) in [5.74, 6) is 0. The summed E-state index contributed by atoms with van der Waals surface area (Å²) < 4.78 is 1.84. The molecule has 0 amide bonds. The molecule has 1 atom stereocenters. The molecule has 1 fully saturated rings. The minimum atomic E-state index is -0.912. The van der Waals surface area contributed by atoms with E-state index in [2.05, 4.69) is 16.4 Å². The van der Waals surface area contributed by atoms with Gasteiger partial charge in [0, 0.05) is 18.6 Å². The number of rotatable bonds is 5. The van der Waals surface area contributed by atoms with E-state index in [-0.39, 0.29) is 11.7 Å². The summed E-state index contributed by atoms with van der Waals surface area (Å²) in [7, 11) is 0. The van der Waals surface area contributed by atoms with E-state index in [0.717, 1.165) is 36.8 Å². The number of nitriles is 1. The number of aromatic amines is 1. The van der Waals surface area contributed by atoms with Crippen molar-refractivity contribution in [3.8, 4) is 6.07 Å². The van der Waals surface area contributed by atoms with Gasteiger partial charge in [-0.1, -0.05) is 30.3 Å². The third kappa shape index (κ3) is 3.98. The van der Waals surface area contributed by atoms with Gasteiger partial charge in [-0.3, -0.25) is 4.57 Å². The minimum Gasteiger partial charge on any atom is -0.384 e. The Balaban J connectivity index is 1.40. The highest BCUT2D eigenvalue weighted by atomic mass is 16.3. The van der Waals surface area contributed by atoms with Crippen molar-refractivity contribution >= 4 is 11.0 Å². The molecule has 3 aromatic rings. The van der Waals surface area contributed by atoms with Crippen LogP contribution < -0.4 is 11.0 Å². The zero-order valence-electron chi connectivity index (χ0n) is 16.6. The lowest BCUT2D eigenvalue weighted by Crippen LogP contribution is -2.42. The van der Waals surface area contributed by atoms with E-state index in [1.165, 1.54) is 0 Å². The van der Waals surface area contributed by atoms with Gasteiger partial charge >= 0.3 is 5.69 Å². The first-order valence-electron chi connectivity index (χ1n) is 10.1. The number of nitrogens with one attached hydrogen (secondary N) is 2. The van der Waals surface area contributed by atoms with Crippen molar-refractivity contribution in [2.45, 2.75) is 50.3 Å². The standard InChI is InChI=1S/C23H26N4O2/c1-23(29,17-5-3-2-4-6-17)15-25-18-8-10-19(11-9-18)27-21-12-7-16(14-24)13-20(21)26-22(27)28/h2-7,12-13,18-19,25,29H,8-11,15H2,1H3,(H,26,28)/t18-,19-,23?. The minimum absolute atomic E-state index is 0.112. The average molecular weight is 390 g/mol. The molecular weight excluding hydrogens is 364 g/mol. The number of nitrogens with zero attached hydrogens (tertiary/aromatic N) is 2. The van der Waals surface area contributed by atoms with Crippen molar-refractivity contribution in [1.29, 1.82) is 5.26 Å². The van der Waals surface area contributed by atoms with E-state index >= 15 is 0 Å². The molecule has 6 heteroatoms. The first-order valence-corrected chi connectivity index (χ1v) is 10.1. The summed E-state index contributed by atoms with van der Waals surface area (Å²) in [5, 5.41) is 23.4. The second-order valence-electron chi connectivity index (χ2n) is 8.17. The summed E-state index contributed by atoms with van der Waals surface area (Å²) >= 11 is 0. The third-order valence-electron chi connectivity index (χ3n) is 6.04. The molecule has 6 nitrogen and oxygen atoms in total. The van der Waals surface area contributed by atoms with Crippen LogP contribution >= 0.6 is 0 Å². The zero-order chi connectivity index (χ0) is 20.4. The Morgan fingerprint density at radius 3 is 2.62 bits per heavy atom. The number of hydrogen-bond acceptors (Lipinski definition) is 4. The van der Waals surface area contributed by atoms with Crippen LogP contribution in [0.1, 0.15) is 49.8 Å². The molecule has 4 rings (SSSR count). The van der Waals surface area contributed by atoms with Gasteiger partial charge in [0.1, 0.15) is 0 Å². The molecule has 1 heterocycles. The maximum Gasteiger partial charge on any atom is 0.326 e. The predicted molar refractivity (Wildman–Crippen MR) is 113 cm³/mol. The monoisotopic (exact) mass is 390 g/mol. The maximum atomic E-state index is 12.5. The lowest BCUT2D eigenvalue weighted by Gasteiger charge is -2.33. The topological polar surface area (TPSA) is 93.8 Å². The van der Waals surface area contributed by atoms with Crippen molar-refractivity contribution in [3.63, 3.8) is 0 Å². The fourth-order valence-electron chi connectivity index (χ4n) is 4.34. The third-order valence-corrected chi connectivity index (χ3v) is 6.04. The first kappa shape index (κ1) is 19.4. The molecule has 1 unspecified atom stereocenters. The Hall–Kier alpha value is -2.88. The molecule has 3 N–H and O–H groups in total. The van der Waals surface area contributed by atoms with Crippen LogP contribution in [-0.4, -0.2) is 27.2 Å². The van der Waals surface area contributed by atoms with Crippen molar-refractivity contribution in [1.82, 2.24) is 14.9 Å². The summed E-state index contributed by atoms with van der Waals surface area (Å²) in [4.78, 5) is 15.4. The van der Waals surface area contributed by atoms with Crippen LogP contribution in [-0.2, 0) is 5.60 Å². The number of aliphatic hydroxyl groups is 1. The summed E-state index contributed by atoms with van der Waals surface area (Å²) in [6, 6.07) is 17.6. The van der Waals surface area contributed by atoms with Crippen molar-refractivity contribution in [2.75, 3.05) is 6.54 Å². The Labute approximate surface area is 169 Å². The number of hydrogen-bond donors (Lipinski definition) is 3. The number of benzene rings is 2. The highest BCUT2D eigenvalue weighted by molar-refractivity contribution is 5.77. The van der Waals surface area contributed by atoms with Gasteiger partial charge in [0.05, 0.1) is 28.3 Å². The first-order chi connectivity index (χ1) is 14.0. The average Bonchev–Trinajstić information content (AvgIpc) is 3.08. The highest BCUT2D eigenvalue weighted by Crippen LogP contribution is 2.30. The van der Waals surface area contributed by atoms with E-state index < -0.39 is 5.60 Å². The molecule has 0 aliphatic heterocycles. The second-order valence-corrected chi connectivity index (χ2v) is 8.17. The smallest absolute Gasteiger partial charge is 0.326 e. The maximum absolute atomic E-state index is 12.5. The molecule has 1 saturated carbocycles. The Morgan fingerprint density at radius 2 is 1.93 bits per heavy atom. The van der Waals surface area contributed by atoms with Crippen LogP contribution in [0.25, 0.3) is 11.0 Å². The van der Waals surface area contributed by atoms with Gasteiger partial charge in [0.15, 0.2) is 0 Å². The Bertz CT molecular complexity index is 1080. The quantitative estimate of drug-likeness (QED) is 0.624. The molecule has 0 bridgehead atoms. The van der Waals surface area contributed by atoms with Gasteiger partial charge in [0.25, 0.3) is 0 Å². The summed E-state index contributed by atoms with van der Waals surface area (Å²) in [6.07, 6.45) is 3.70. The van der Waals surface area contributed by atoms with Crippen molar-refractivity contribution in [2.24, 2.45) is 0 Å². The van der Waals surface area contributed by atoms with Crippen LogP contribution in [0.4, 0.5) is 0 Å². The Kier molecular flexibility index (Phi) is 5.27. The van der Waals surface area contributed by atoms with Gasteiger partial charge in [0.2, 0.25) is 0 Å². The molecule has 1 aliphatic carbocycles. The van der Waals surface area contributed by atoms with Crippen molar-refractivity contribution < 1.29 is 5.11 Å². The number of fused-ring (bicyclic) bond motifs is 1. The fraction of sp³-hybridized carbons (Fsp3) is 0.391. The van der Waals surface area contributed by atoms with E-state index in [1.54, 1.807) is 12.1 Å². The summed E-state index contributed by atoms with van der Waals surface area (Å²) in [6.45, 7) is 2.33. The molecule has 1 aromatic heterocycles. The molecular formula is C23H26N4O2. The van der Waals surface area contributed by atoms with Crippen LogP contribution in [0.3, 0.4) is 0 Å². The Morgan fingerprint density at radius 1 is 1.21 bits per heavy atom. The van der Waals surface area contributed by atoms with E-state index in [9.17, 15) is 9.90 Å². The highest BCUT2D eigenvalue weighted by Gasteiger charge is 2.28. The van der Waals surface area contributed by atoms with Crippen LogP contribution in [0.15, 0.2) is 53.3 Å². The summed E-state index contributed by atoms with van der Waals surface area (Å²) in [5.41, 5.74) is 2.00. The van der Waals surface area contributed by atoms with Gasteiger partial charge < -0.3 is 15.4 Å². The van der Waals surface area contributed by atoms with Crippen LogP contribution in [0.2, 0.25) is 0 Å². The van der Waals surface area contributed by atoms with E-state index in [1.807, 2.05) is 47.9 Å². The molecule has 0 spiro atoms. The van der Waals surface area contributed by atoms with Gasteiger partial charge in [-0.2, -0.15) is 5.26 Å². The lowest BCUT2D eigenvalue weighted by molar-refractivity contribution is 0.0515. The van der Waals surface area contributed by atoms with E-state index in [0.29, 0.717) is 23.7 Å². The number of aromatic nitrogens is 2. The number of imidazole rings is 1. The molecule has 1 aliphatic rings. The lowest BCUT2D eigenvalue weighted by atomic mass is 9.89. The van der Waals surface area contributed by atoms with Gasteiger partial charge in [-0.25, -0.2) is 4.79 Å². The predicted octanol–water partition coefficient (Wildman–Crippen LogP) is 3.18. The SMILES string of the molecule is CC(O)(CN[C@H]1CC[C@H](n2c(=O)[nH]c3cc(C#N)ccc32)CC1)c1ccccc1. The van der Waals surface area contributed by atoms with Crippen LogP contribution in [0.5, 0.6) is 0 Å². The second kappa shape index (κ2) is 7.86. The number of H-pyrrole nitrogens is 1. The largest absolute Gasteiger partial charge is 0.384 e.